The molecule has 4 nitrogen and oxygen atoms in total. The molecular weight excluding hydrogens is 231 g/mol. The standard InChI is InChI=1S/C13H15FN4/c1-2-5-16-13-17-9-11(14)12(18-13)8-10-3-6-15-7-4-10/h3-4,6-7,9H,2,5,8H2,1H3,(H,16,17,18). The predicted octanol–water partition coefficient (Wildman–Crippen LogP) is 2.42. The minimum absolute atomic E-state index is 0.381. The third-order valence-electron chi connectivity index (χ3n) is 2.47. The fraction of sp³-hybridized carbons (Fsp3) is 0.308. The third-order valence-corrected chi connectivity index (χ3v) is 2.47. The van der Waals surface area contributed by atoms with Crippen LogP contribution in [0, 0.1) is 5.82 Å². The highest BCUT2D eigenvalue weighted by molar-refractivity contribution is 5.28. The van der Waals surface area contributed by atoms with Crippen molar-refractivity contribution >= 4 is 5.95 Å². The van der Waals surface area contributed by atoms with E-state index in [1.165, 1.54) is 6.20 Å². The summed E-state index contributed by atoms with van der Waals surface area (Å²) >= 11 is 0. The topological polar surface area (TPSA) is 50.7 Å². The van der Waals surface area contributed by atoms with E-state index in [4.69, 9.17) is 0 Å². The molecule has 18 heavy (non-hydrogen) atoms. The van der Waals surface area contributed by atoms with Gasteiger partial charge in [-0.05, 0) is 24.1 Å². The van der Waals surface area contributed by atoms with Crippen LogP contribution < -0.4 is 5.32 Å². The summed E-state index contributed by atoms with van der Waals surface area (Å²) in [4.78, 5) is 12.0. The van der Waals surface area contributed by atoms with Crippen molar-refractivity contribution in [2.24, 2.45) is 0 Å². The first-order valence-corrected chi connectivity index (χ1v) is 5.93. The summed E-state index contributed by atoms with van der Waals surface area (Å²) in [6.07, 6.45) is 6.00. The predicted molar refractivity (Wildman–Crippen MR) is 67.8 cm³/mol. The van der Waals surface area contributed by atoms with E-state index in [2.05, 4.69) is 27.2 Å². The highest BCUT2D eigenvalue weighted by Gasteiger charge is 2.07. The molecule has 0 unspecified atom stereocenters. The van der Waals surface area contributed by atoms with E-state index >= 15 is 0 Å². The molecule has 0 spiro atoms. The molecule has 1 N–H and O–H groups in total. The lowest BCUT2D eigenvalue weighted by Crippen LogP contribution is -2.07. The molecule has 2 aromatic rings. The second kappa shape index (κ2) is 6.05. The molecule has 2 heterocycles. The fourth-order valence-electron chi connectivity index (χ4n) is 1.54. The van der Waals surface area contributed by atoms with Gasteiger partial charge in [-0.2, -0.15) is 0 Å². The van der Waals surface area contributed by atoms with Gasteiger partial charge in [0.05, 0.1) is 11.9 Å². The Morgan fingerprint density at radius 2 is 2.06 bits per heavy atom. The molecule has 0 aliphatic carbocycles. The van der Waals surface area contributed by atoms with Gasteiger partial charge in [0.1, 0.15) is 0 Å². The van der Waals surface area contributed by atoms with Crippen LogP contribution in [0.4, 0.5) is 10.3 Å². The smallest absolute Gasteiger partial charge is 0.223 e. The lowest BCUT2D eigenvalue weighted by atomic mass is 10.1. The van der Waals surface area contributed by atoms with Gasteiger partial charge in [-0.3, -0.25) is 4.98 Å². The molecule has 0 bridgehead atoms. The van der Waals surface area contributed by atoms with Crippen LogP contribution in [0.3, 0.4) is 0 Å². The molecular formula is C13H15FN4. The van der Waals surface area contributed by atoms with Crippen molar-refractivity contribution in [1.29, 1.82) is 0 Å². The number of nitrogens with zero attached hydrogens (tertiary/aromatic N) is 3. The minimum atomic E-state index is -0.381. The fourth-order valence-corrected chi connectivity index (χ4v) is 1.54. The Morgan fingerprint density at radius 3 is 2.78 bits per heavy atom. The Balaban J connectivity index is 2.16. The Hall–Kier alpha value is -2.04. The minimum Gasteiger partial charge on any atom is -0.354 e. The molecule has 2 aromatic heterocycles. The SMILES string of the molecule is CCCNc1ncc(F)c(Cc2ccncc2)n1. The maximum absolute atomic E-state index is 13.6. The number of halogens is 1. The summed E-state index contributed by atoms with van der Waals surface area (Å²) in [6, 6.07) is 3.70. The third kappa shape index (κ3) is 3.23. The number of anilines is 1. The van der Waals surface area contributed by atoms with Gasteiger partial charge in [0.15, 0.2) is 5.82 Å². The first-order valence-electron chi connectivity index (χ1n) is 5.93. The molecule has 0 atom stereocenters. The van der Waals surface area contributed by atoms with E-state index in [1.807, 2.05) is 12.1 Å². The van der Waals surface area contributed by atoms with Gasteiger partial charge in [0, 0.05) is 25.4 Å². The number of hydrogen-bond donors (Lipinski definition) is 1. The van der Waals surface area contributed by atoms with E-state index in [-0.39, 0.29) is 5.82 Å². The molecule has 94 valence electrons. The number of nitrogens with one attached hydrogen (secondary N) is 1. The van der Waals surface area contributed by atoms with E-state index in [9.17, 15) is 4.39 Å². The zero-order chi connectivity index (χ0) is 12.8. The first-order chi connectivity index (χ1) is 8.79. The first kappa shape index (κ1) is 12.4. The number of pyridine rings is 1. The van der Waals surface area contributed by atoms with Crippen LogP contribution >= 0.6 is 0 Å². The molecule has 0 saturated heterocycles. The summed E-state index contributed by atoms with van der Waals surface area (Å²) in [5, 5.41) is 3.05. The molecule has 0 fully saturated rings. The highest BCUT2D eigenvalue weighted by Crippen LogP contribution is 2.11. The highest BCUT2D eigenvalue weighted by atomic mass is 19.1. The van der Waals surface area contributed by atoms with E-state index < -0.39 is 0 Å². The second-order valence-electron chi connectivity index (χ2n) is 3.95. The molecule has 0 amide bonds. The summed E-state index contributed by atoms with van der Waals surface area (Å²) in [5.41, 5.74) is 1.37. The van der Waals surface area contributed by atoms with Crippen LogP contribution in [0.15, 0.2) is 30.7 Å². The average Bonchev–Trinajstić information content (AvgIpc) is 2.41. The zero-order valence-corrected chi connectivity index (χ0v) is 10.2. The molecule has 2 rings (SSSR count). The maximum atomic E-state index is 13.6. The molecule has 5 heteroatoms. The maximum Gasteiger partial charge on any atom is 0.223 e. The van der Waals surface area contributed by atoms with E-state index in [1.54, 1.807) is 12.4 Å². The Labute approximate surface area is 105 Å². The van der Waals surface area contributed by atoms with Crippen molar-refractivity contribution < 1.29 is 4.39 Å². The molecule has 0 aromatic carbocycles. The van der Waals surface area contributed by atoms with Crippen molar-refractivity contribution in [2.45, 2.75) is 19.8 Å². The van der Waals surface area contributed by atoms with Crippen LogP contribution in [-0.2, 0) is 6.42 Å². The van der Waals surface area contributed by atoms with Crippen LogP contribution in [0.25, 0.3) is 0 Å². The van der Waals surface area contributed by atoms with Crippen molar-refractivity contribution in [1.82, 2.24) is 15.0 Å². The van der Waals surface area contributed by atoms with Crippen LogP contribution in [0.1, 0.15) is 24.6 Å². The summed E-state index contributed by atoms with van der Waals surface area (Å²) in [5.74, 6) is 0.0937. The molecule has 0 saturated carbocycles. The van der Waals surface area contributed by atoms with E-state index in [0.29, 0.717) is 18.1 Å². The number of rotatable bonds is 5. The summed E-state index contributed by atoms with van der Waals surface area (Å²) in [6.45, 7) is 2.83. The number of aromatic nitrogens is 3. The Morgan fingerprint density at radius 1 is 1.28 bits per heavy atom. The Bertz CT molecular complexity index is 502. The molecule has 0 aliphatic heterocycles. The summed E-state index contributed by atoms with van der Waals surface area (Å²) < 4.78 is 13.6. The van der Waals surface area contributed by atoms with Gasteiger partial charge in [-0.1, -0.05) is 6.92 Å². The molecule has 0 aliphatic rings. The van der Waals surface area contributed by atoms with Gasteiger partial charge >= 0.3 is 0 Å². The van der Waals surface area contributed by atoms with Crippen molar-refractivity contribution in [2.75, 3.05) is 11.9 Å². The van der Waals surface area contributed by atoms with Gasteiger partial charge in [-0.15, -0.1) is 0 Å². The zero-order valence-electron chi connectivity index (χ0n) is 10.2. The number of hydrogen-bond acceptors (Lipinski definition) is 4. The van der Waals surface area contributed by atoms with Crippen molar-refractivity contribution in [3.8, 4) is 0 Å². The summed E-state index contributed by atoms with van der Waals surface area (Å²) in [7, 11) is 0. The van der Waals surface area contributed by atoms with Gasteiger partial charge in [0.25, 0.3) is 0 Å². The van der Waals surface area contributed by atoms with Gasteiger partial charge in [-0.25, -0.2) is 14.4 Å². The molecule has 0 radical (unpaired) electrons. The van der Waals surface area contributed by atoms with Crippen molar-refractivity contribution in [3.05, 3.63) is 47.8 Å². The normalized spacial score (nSPS) is 10.3. The van der Waals surface area contributed by atoms with Crippen molar-refractivity contribution in [3.63, 3.8) is 0 Å². The van der Waals surface area contributed by atoms with Gasteiger partial charge in [0.2, 0.25) is 5.95 Å². The monoisotopic (exact) mass is 246 g/mol. The quantitative estimate of drug-likeness (QED) is 0.880. The van der Waals surface area contributed by atoms with Crippen LogP contribution in [0.5, 0.6) is 0 Å². The van der Waals surface area contributed by atoms with Crippen LogP contribution in [-0.4, -0.2) is 21.5 Å². The second-order valence-corrected chi connectivity index (χ2v) is 3.95. The van der Waals surface area contributed by atoms with Gasteiger partial charge < -0.3 is 5.32 Å². The average molecular weight is 246 g/mol. The Kier molecular flexibility index (Phi) is 4.17. The lowest BCUT2D eigenvalue weighted by molar-refractivity contribution is 0.596. The van der Waals surface area contributed by atoms with E-state index in [0.717, 1.165) is 18.5 Å². The van der Waals surface area contributed by atoms with Crippen LogP contribution in [0.2, 0.25) is 0 Å². The lowest BCUT2D eigenvalue weighted by Gasteiger charge is -2.06. The largest absolute Gasteiger partial charge is 0.354 e.